The lowest BCUT2D eigenvalue weighted by Crippen LogP contribution is -2.44. The molecule has 1 saturated carbocycles. The molecule has 5 rings (SSSR count). The fraction of sp³-hybridized carbons (Fsp3) is 0.417. The van der Waals surface area contributed by atoms with Crippen molar-refractivity contribution in [3.05, 3.63) is 59.3 Å². The number of nitrogens with zero attached hydrogens (tertiary/aromatic N) is 5. The summed E-state index contributed by atoms with van der Waals surface area (Å²) in [7, 11) is 0. The Bertz CT molecular complexity index is 1300. The zero-order valence-corrected chi connectivity index (χ0v) is 20.2. The van der Waals surface area contributed by atoms with Gasteiger partial charge in [-0.1, -0.05) is 17.3 Å². The third-order valence-corrected chi connectivity index (χ3v) is 7.64. The summed E-state index contributed by atoms with van der Waals surface area (Å²) in [6.07, 6.45) is 2.79. The Morgan fingerprint density at radius 1 is 1.22 bits per heavy atom. The van der Waals surface area contributed by atoms with Crippen molar-refractivity contribution in [3.63, 3.8) is 0 Å². The molecule has 0 aliphatic heterocycles. The van der Waals surface area contributed by atoms with E-state index in [1.807, 2.05) is 6.08 Å². The predicted octanol–water partition coefficient (Wildman–Crippen LogP) is 5.00. The fourth-order valence-corrected chi connectivity index (χ4v) is 6.13. The van der Waals surface area contributed by atoms with Crippen molar-refractivity contribution < 1.29 is 27.1 Å². The lowest BCUT2D eigenvalue weighted by Gasteiger charge is -2.42. The molecule has 7 nitrogen and oxygen atoms in total. The van der Waals surface area contributed by atoms with Gasteiger partial charge in [-0.25, -0.2) is 9.07 Å². The van der Waals surface area contributed by atoms with Gasteiger partial charge in [0.05, 0.1) is 35.8 Å². The molecule has 0 radical (unpaired) electrons. The number of benzene rings is 1. The first kappa shape index (κ1) is 24.5. The summed E-state index contributed by atoms with van der Waals surface area (Å²) in [5, 5.41) is 12.5. The third kappa shape index (κ3) is 4.78. The molecule has 1 aromatic carbocycles. The second-order valence-corrected chi connectivity index (χ2v) is 10.2. The highest BCUT2D eigenvalue weighted by molar-refractivity contribution is 7.99. The van der Waals surface area contributed by atoms with Gasteiger partial charge in [-0.3, -0.25) is 4.79 Å². The van der Waals surface area contributed by atoms with Crippen LogP contribution < -0.4 is 0 Å². The molecule has 2 aliphatic rings. The van der Waals surface area contributed by atoms with Crippen LogP contribution in [0.1, 0.15) is 37.4 Å². The van der Waals surface area contributed by atoms with Crippen molar-refractivity contribution in [2.45, 2.75) is 55.6 Å². The molecular weight excluding hydrogens is 498 g/mol. The minimum absolute atomic E-state index is 0.0590. The Balaban J connectivity index is 1.42. The van der Waals surface area contributed by atoms with Crippen LogP contribution in [-0.4, -0.2) is 48.8 Å². The number of hydrogen-bond acceptors (Lipinski definition) is 6. The van der Waals surface area contributed by atoms with E-state index in [0.717, 1.165) is 16.8 Å². The lowest BCUT2D eigenvalue weighted by atomic mass is 9.64. The van der Waals surface area contributed by atoms with Gasteiger partial charge in [0.1, 0.15) is 10.8 Å². The summed E-state index contributed by atoms with van der Waals surface area (Å²) in [6, 6.07) is 6.03. The van der Waals surface area contributed by atoms with E-state index in [0.29, 0.717) is 41.2 Å². The summed E-state index contributed by atoms with van der Waals surface area (Å²) in [4.78, 5) is 14.0. The van der Waals surface area contributed by atoms with E-state index in [9.17, 15) is 22.4 Å². The van der Waals surface area contributed by atoms with Gasteiger partial charge in [0.15, 0.2) is 6.54 Å². The number of thioether (sulfide) groups is 1. The van der Waals surface area contributed by atoms with Crippen LogP contribution in [0.2, 0.25) is 0 Å². The van der Waals surface area contributed by atoms with Crippen LogP contribution in [0, 0.1) is 11.2 Å². The average molecular weight is 522 g/mol. The highest BCUT2D eigenvalue weighted by Crippen LogP contribution is 2.52. The van der Waals surface area contributed by atoms with Gasteiger partial charge >= 0.3 is 12.1 Å². The number of ether oxygens (including phenoxy) is 1. The van der Waals surface area contributed by atoms with Crippen LogP contribution in [-0.2, 0) is 22.5 Å². The molecule has 0 unspecified atom stereocenters. The quantitative estimate of drug-likeness (QED) is 0.336. The van der Waals surface area contributed by atoms with E-state index >= 15 is 0 Å². The molecule has 0 amide bonds. The maximum Gasteiger partial charge on any atom is 0.409 e. The molecule has 36 heavy (non-hydrogen) atoms. The minimum atomic E-state index is -4.41. The monoisotopic (exact) mass is 521 g/mol. The number of carbonyl (C=O) groups is 1. The molecule has 0 N–H and O–H groups in total. The Morgan fingerprint density at radius 2 is 2.00 bits per heavy atom. The summed E-state index contributed by atoms with van der Waals surface area (Å²) >= 11 is 1.33. The molecular formula is C24H23F4N5O2S. The van der Waals surface area contributed by atoms with Gasteiger partial charge in [0.2, 0.25) is 0 Å². The Kier molecular flexibility index (Phi) is 6.39. The first-order valence-corrected chi connectivity index (χ1v) is 12.4. The van der Waals surface area contributed by atoms with Crippen molar-refractivity contribution in [2.75, 3.05) is 6.61 Å². The lowest BCUT2D eigenvalue weighted by molar-refractivity contribution is -0.154. The zero-order valence-electron chi connectivity index (χ0n) is 19.3. The van der Waals surface area contributed by atoms with E-state index in [2.05, 4.69) is 15.3 Å². The minimum Gasteiger partial charge on any atom is -0.465 e. The van der Waals surface area contributed by atoms with Gasteiger partial charge in [-0.05, 0) is 68.5 Å². The number of aromatic nitrogens is 5. The number of halogens is 4. The SMILES string of the molecule is CCOC(=O)[C@]12Cc3cnn(-c4ccc(F)cc4)c3C=C1CC[C@H](Sc1cnn(CC(F)(F)F)n1)C2. The summed E-state index contributed by atoms with van der Waals surface area (Å²) < 4.78 is 58.6. The molecule has 2 aromatic heterocycles. The second kappa shape index (κ2) is 9.38. The predicted molar refractivity (Wildman–Crippen MR) is 124 cm³/mol. The van der Waals surface area contributed by atoms with Crippen molar-refractivity contribution in [3.8, 4) is 5.69 Å². The molecule has 0 bridgehead atoms. The standard InChI is InChI=1S/C24H23F4N5O2S/c1-2-35-22(34)23-10-15-12-30-33(18-6-4-17(25)5-7-18)20(15)9-16(23)3-8-19(11-23)36-21-13-29-32(31-21)14-24(26,27)28/h4-7,9,12-13,19H,2-3,8,10-11,14H2,1H3/t19-,23-/m0/s1. The highest BCUT2D eigenvalue weighted by Gasteiger charge is 2.50. The van der Waals surface area contributed by atoms with Gasteiger partial charge in [0.25, 0.3) is 0 Å². The van der Waals surface area contributed by atoms with Crippen molar-refractivity contribution in [2.24, 2.45) is 5.41 Å². The van der Waals surface area contributed by atoms with Crippen LogP contribution in [0.25, 0.3) is 11.8 Å². The first-order chi connectivity index (χ1) is 17.2. The van der Waals surface area contributed by atoms with Gasteiger partial charge in [-0.15, -0.1) is 5.10 Å². The van der Waals surface area contributed by atoms with Crippen LogP contribution in [0.3, 0.4) is 0 Å². The van der Waals surface area contributed by atoms with Crippen LogP contribution in [0.5, 0.6) is 0 Å². The number of carbonyl (C=O) groups excluding carboxylic acids is 1. The molecule has 2 atom stereocenters. The summed E-state index contributed by atoms with van der Waals surface area (Å²) in [6.45, 7) is 0.741. The highest BCUT2D eigenvalue weighted by atomic mass is 32.2. The average Bonchev–Trinajstić information content (AvgIpc) is 3.43. The van der Waals surface area contributed by atoms with Crippen LogP contribution >= 0.6 is 11.8 Å². The fourth-order valence-electron chi connectivity index (χ4n) is 4.93. The van der Waals surface area contributed by atoms with Gasteiger partial charge in [0, 0.05) is 5.25 Å². The largest absolute Gasteiger partial charge is 0.465 e. The maximum absolute atomic E-state index is 13.4. The second-order valence-electron chi connectivity index (χ2n) is 8.90. The van der Waals surface area contributed by atoms with Crippen LogP contribution in [0.15, 0.2) is 47.3 Å². The van der Waals surface area contributed by atoms with E-state index in [1.54, 1.807) is 29.9 Å². The van der Waals surface area contributed by atoms with Gasteiger partial charge < -0.3 is 4.74 Å². The first-order valence-electron chi connectivity index (χ1n) is 11.5. The Morgan fingerprint density at radius 3 is 2.72 bits per heavy atom. The molecule has 2 aliphatic carbocycles. The van der Waals surface area contributed by atoms with Crippen molar-refractivity contribution in [1.29, 1.82) is 0 Å². The zero-order chi connectivity index (χ0) is 25.5. The van der Waals surface area contributed by atoms with Crippen LogP contribution in [0.4, 0.5) is 17.6 Å². The van der Waals surface area contributed by atoms with E-state index in [1.165, 1.54) is 30.1 Å². The molecule has 0 saturated heterocycles. The third-order valence-electron chi connectivity index (χ3n) is 6.48. The van der Waals surface area contributed by atoms with Crippen molar-refractivity contribution >= 4 is 23.8 Å². The summed E-state index contributed by atoms with van der Waals surface area (Å²) in [5.41, 5.74) is 2.48. The number of hydrogen-bond donors (Lipinski definition) is 0. The molecule has 2 heterocycles. The number of esters is 1. The molecule has 190 valence electrons. The summed E-state index contributed by atoms with van der Waals surface area (Å²) in [5.74, 6) is -0.656. The molecule has 1 fully saturated rings. The van der Waals surface area contributed by atoms with E-state index in [-0.39, 0.29) is 23.6 Å². The maximum atomic E-state index is 13.4. The van der Waals surface area contributed by atoms with Crippen molar-refractivity contribution in [1.82, 2.24) is 24.8 Å². The molecule has 3 aromatic rings. The molecule has 0 spiro atoms. The smallest absolute Gasteiger partial charge is 0.409 e. The topological polar surface area (TPSA) is 74.8 Å². The van der Waals surface area contributed by atoms with E-state index in [4.69, 9.17) is 4.74 Å². The normalized spacial score (nSPS) is 21.5. The number of fused-ring (bicyclic) bond motifs is 2. The number of rotatable bonds is 6. The van der Waals surface area contributed by atoms with E-state index < -0.39 is 18.1 Å². The molecule has 12 heteroatoms. The van der Waals surface area contributed by atoms with Gasteiger partial charge in [-0.2, -0.15) is 28.2 Å². The number of alkyl halides is 3. The Labute approximate surface area is 208 Å². The Hall–Kier alpha value is -3.15.